The second kappa shape index (κ2) is 7.99. The molecule has 2 rings (SSSR count). The molecule has 0 radical (unpaired) electrons. The summed E-state index contributed by atoms with van der Waals surface area (Å²) in [4.78, 5) is 27.3. The zero-order valence-electron chi connectivity index (χ0n) is 13.0. The van der Waals surface area contributed by atoms with Gasteiger partial charge in [-0.1, -0.05) is 13.8 Å². The van der Waals surface area contributed by atoms with Crippen molar-refractivity contribution in [1.82, 2.24) is 9.80 Å². The molecule has 0 aromatic rings. The number of piperidine rings is 2. The number of carboxylic acid groups (broad SMARTS) is 1. The van der Waals surface area contributed by atoms with E-state index in [2.05, 4.69) is 18.7 Å². The predicted molar refractivity (Wildman–Crippen MR) is 83.6 cm³/mol. The summed E-state index contributed by atoms with van der Waals surface area (Å²) in [5.41, 5.74) is 0. The average Bonchev–Trinajstić information content (AvgIpc) is 2.38. The van der Waals surface area contributed by atoms with E-state index in [9.17, 15) is 9.59 Å². The number of hydrogen-bond donors (Lipinski definition) is 1. The zero-order valence-corrected chi connectivity index (χ0v) is 13.8. The summed E-state index contributed by atoms with van der Waals surface area (Å²) >= 11 is 0. The summed E-state index contributed by atoms with van der Waals surface area (Å²) in [5.74, 6) is 0.448. The number of carbonyl (C=O) groups excluding carboxylic acids is 1. The minimum absolute atomic E-state index is 0. The Hall–Kier alpha value is -0.810. The van der Waals surface area contributed by atoms with Gasteiger partial charge in [0.2, 0.25) is 5.91 Å². The monoisotopic (exact) mass is 318 g/mol. The number of halogens is 1. The molecule has 1 amide bonds. The minimum Gasteiger partial charge on any atom is -0.481 e. The van der Waals surface area contributed by atoms with Gasteiger partial charge in [-0.15, -0.1) is 12.4 Å². The van der Waals surface area contributed by atoms with Crippen molar-refractivity contribution in [3.05, 3.63) is 0 Å². The maximum atomic E-state index is 12.3. The Balaban J connectivity index is 0.00000220. The van der Waals surface area contributed by atoms with Crippen molar-refractivity contribution < 1.29 is 14.7 Å². The fourth-order valence-electron chi connectivity index (χ4n) is 3.50. The molecule has 0 aromatic carbocycles. The van der Waals surface area contributed by atoms with E-state index >= 15 is 0 Å². The molecule has 6 heteroatoms. The standard InChI is InChI=1S/C15H26N2O3.ClH/c1-11-7-12(2)9-17(8-11)14(18)10-16-5-3-13(4-6-16)15(19)20;/h11-13H,3-10H2,1-2H3,(H,19,20);1H. The van der Waals surface area contributed by atoms with Gasteiger partial charge in [-0.3, -0.25) is 14.5 Å². The fourth-order valence-corrected chi connectivity index (χ4v) is 3.50. The Morgan fingerprint density at radius 3 is 2.10 bits per heavy atom. The lowest BCUT2D eigenvalue weighted by Crippen LogP contribution is -2.48. The Kier molecular flexibility index (Phi) is 6.94. The first kappa shape index (κ1) is 18.2. The number of nitrogens with zero attached hydrogens (tertiary/aromatic N) is 2. The van der Waals surface area contributed by atoms with Crippen molar-refractivity contribution in [3.8, 4) is 0 Å². The van der Waals surface area contributed by atoms with E-state index < -0.39 is 5.97 Å². The number of aliphatic carboxylic acids is 1. The van der Waals surface area contributed by atoms with E-state index in [0.29, 0.717) is 31.2 Å². The van der Waals surface area contributed by atoms with Crippen LogP contribution in [0.1, 0.15) is 33.1 Å². The Labute approximate surface area is 133 Å². The Morgan fingerprint density at radius 2 is 1.62 bits per heavy atom. The van der Waals surface area contributed by atoms with Gasteiger partial charge in [0.15, 0.2) is 0 Å². The van der Waals surface area contributed by atoms with Crippen LogP contribution in [0.3, 0.4) is 0 Å². The quantitative estimate of drug-likeness (QED) is 0.860. The van der Waals surface area contributed by atoms with Gasteiger partial charge in [0.25, 0.3) is 0 Å². The SMILES string of the molecule is CC1CC(C)CN(C(=O)CN2CCC(C(=O)O)CC2)C1.Cl. The van der Waals surface area contributed by atoms with Crippen LogP contribution in [0.25, 0.3) is 0 Å². The summed E-state index contributed by atoms with van der Waals surface area (Å²) in [6, 6.07) is 0. The smallest absolute Gasteiger partial charge is 0.306 e. The normalized spacial score (nSPS) is 28.0. The molecule has 21 heavy (non-hydrogen) atoms. The topological polar surface area (TPSA) is 60.9 Å². The summed E-state index contributed by atoms with van der Waals surface area (Å²) < 4.78 is 0. The molecule has 0 aliphatic carbocycles. The maximum absolute atomic E-state index is 12.3. The van der Waals surface area contributed by atoms with Gasteiger partial charge in [0, 0.05) is 13.1 Å². The molecule has 0 spiro atoms. The third-order valence-corrected chi connectivity index (χ3v) is 4.52. The summed E-state index contributed by atoms with van der Waals surface area (Å²) in [6.07, 6.45) is 2.53. The van der Waals surface area contributed by atoms with E-state index in [0.717, 1.165) is 26.2 Å². The molecule has 2 unspecified atom stereocenters. The lowest BCUT2D eigenvalue weighted by atomic mass is 9.92. The van der Waals surface area contributed by atoms with Crippen LogP contribution in [-0.2, 0) is 9.59 Å². The maximum Gasteiger partial charge on any atom is 0.306 e. The van der Waals surface area contributed by atoms with Crippen molar-refractivity contribution in [1.29, 1.82) is 0 Å². The Bertz CT molecular complexity index is 360. The van der Waals surface area contributed by atoms with E-state index in [1.54, 1.807) is 0 Å². The van der Waals surface area contributed by atoms with Gasteiger partial charge >= 0.3 is 5.97 Å². The highest BCUT2D eigenvalue weighted by molar-refractivity contribution is 5.85. The van der Waals surface area contributed by atoms with Gasteiger partial charge in [0.1, 0.15) is 0 Å². The number of likely N-dealkylation sites (tertiary alicyclic amines) is 2. The van der Waals surface area contributed by atoms with Gasteiger partial charge in [-0.2, -0.15) is 0 Å². The Morgan fingerprint density at radius 1 is 1.10 bits per heavy atom. The molecule has 2 atom stereocenters. The van der Waals surface area contributed by atoms with Crippen LogP contribution in [-0.4, -0.2) is 59.5 Å². The lowest BCUT2D eigenvalue weighted by molar-refractivity contribution is -0.143. The summed E-state index contributed by atoms with van der Waals surface area (Å²) in [7, 11) is 0. The number of amides is 1. The summed E-state index contributed by atoms with van der Waals surface area (Å²) in [5, 5.41) is 8.97. The third kappa shape index (κ3) is 5.15. The first-order chi connectivity index (χ1) is 9.45. The molecule has 2 aliphatic rings. The molecular weight excluding hydrogens is 292 g/mol. The van der Waals surface area contributed by atoms with Gasteiger partial charge < -0.3 is 10.0 Å². The molecule has 122 valence electrons. The van der Waals surface area contributed by atoms with E-state index in [1.165, 1.54) is 6.42 Å². The van der Waals surface area contributed by atoms with E-state index in [4.69, 9.17) is 5.11 Å². The van der Waals surface area contributed by atoms with Gasteiger partial charge in [0.05, 0.1) is 12.5 Å². The molecule has 2 fully saturated rings. The summed E-state index contributed by atoms with van der Waals surface area (Å²) in [6.45, 7) is 8.04. The highest BCUT2D eigenvalue weighted by Gasteiger charge is 2.29. The molecule has 1 N–H and O–H groups in total. The molecular formula is C15H27ClN2O3. The largest absolute Gasteiger partial charge is 0.481 e. The first-order valence-electron chi connectivity index (χ1n) is 7.68. The van der Waals surface area contributed by atoms with Crippen LogP contribution in [0.5, 0.6) is 0 Å². The fraction of sp³-hybridized carbons (Fsp3) is 0.867. The van der Waals surface area contributed by atoms with Crippen molar-refractivity contribution in [2.45, 2.75) is 33.1 Å². The molecule has 5 nitrogen and oxygen atoms in total. The van der Waals surface area contributed by atoms with Crippen molar-refractivity contribution in [3.63, 3.8) is 0 Å². The number of carboxylic acids is 1. The molecule has 0 bridgehead atoms. The minimum atomic E-state index is -0.699. The second-order valence-corrected chi connectivity index (χ2v) is 6.63. The van der Waals surface area contributed by atoms with Crippen LogP contribution in [0, 0.1) is 17.8 Å². The molecule has 2 heterocycles. The zero-order chi connectivity index (χ0) is 14.7. The second-order valence-electron chi connectivity index (χ2n) is 6.63. The molecule has 2 aliphatic heterocycles. The molecule has 0 aromatic heterocycles. The highest BCUT2D eigenvalue weighted by Crippen LogP contribution is 2.22. The van der Waals surface area contributed by atoms with E-state index in [-0.39, 0.29) is 24.2 Å². The van der Waals surface area contributed by atoms with Crippen molar-refractivity contribution >= 4 is 24.3 Å². The van der Waals surface area contributed by atoms with Gasteiger partial charge in [-0.05, 0) is 44.2 Å². The molecule has 0 saturated carbocycles. The third-order valence-electron chi connectivity index (χ3n) is 4.52. The number of carbonyl (C=O) groups is 2. The first-order valence-corrected chi connectivity index (χ1v) is 7.68. The van der Waals surface area contributed by atoms with E-state index in [1.807, 2.05) is 4.90 Å². The highest BCUT2D eigenvalue weighted by atomic mass is 35.5. The van der Waals surface area contributed by atoms with Crippen LogP contribution in [0.15, 0.2) is 0 Å². The van der Waals surface area contributed by atoms with Crippen molar-refractivity contribution in [2.75, 3.05) is 32.7 Å². The average molecular weight is 319 g/mol. The van der Waals surface area contributed by atoms with Crippen LogP contribution < -0.4 is 0 Å². The van der Waals surface area contributed by atoms with Crippen LogP contribution in [0.2, 0.25) is 0 Å². The predicted octanol–water partition coefficient (Wildman–Crippen LogP) is 1.71. The van der Waals surface area contributed by atoms with Crippen LogP contribution >= 0.6 is 12.4 Å². The van der Waals surface area contributed by atoms with Crippen molar-refractivity contribution in [2.24, 2.45) is 17.8 Å². The van der Waals surface area contributed by atoms with Crippen LogP contribution in [0.4, 0.5) is 0 Å². The number of rotatable bonds is 3. The lowest BCUT2D eigenvalue weighted by Gasteiger charge is -2.37. The molecule has 2 saturated heterocycles. The number of hydrogen-bond acceptors (Lipinski definition) is 3. The van der Waals surface area contributed by atoms with Gasteiger partial charge in [-0.25, -0.2) is 0 Å².